The molecule has 14 heteroatoms. The van der Waals surface area contributed by atoms with Crippen LogP contribution in [-0.2, 0) is 6.18 Å². The Hall–Kier alpha value is -3.71. The minimum atomic E-state index is -4.97. The summed E-state index contributed by atoms with van der Waals surface area (Å²) >= 11 is 5.73. The van der Waals surface area contributed by atoms with Crippen molar-refractivity contribution in [1.29, 1.82) is 0 Å². The second-order valence-electron chi connectivity index (χ2n) is 6.64. The number of nitrogens with zero attached hydrogens (tertiary/aromatic N) is 2. The van der Waals surface area contributed by atoms with Gasteiger partial charge in [0.25, 0.3) is 11.5 Å². The third kappa shape index (κ3) is 6.20. The first-order valence-corrected chi connectivity index (χ1v) is 9.90. The SMILES string of the molecule is NCCCOc1cc(F)ccc1Oc1nc(C(F)(F)F)c(Cl)cc1C(=O)Nc1cn[nH]c(=O)c1. The van der Waals surface area contributed by atoms with Gasteiger partial charge in [0.2, 0.25) is 5.88 Å². The lowest BCUT2D eigenvalue weighted by Gasteiger charge is -2.16. The number of carbonyl (C=O) groups excluding carboxylic acids is 1. The van der Waals surface area contributed by atoms with Crippen molar-refractivity contribution in [2.75, 3.05) is 18.5 Å². The molecule has 1 amide bonds. The van der Waals surface area contributed by atoms with E-state index in [9.17, 15) is 27.2 Å². The molecule has 0 aliphatic carbocycles. The van der Waals surface area contributed by atoms with Crippen LogP contribution in [0.1, 0.15) is 22.5 Å². The maximum Gasteiger partial charge on any atom is 0.434 e. The van der Waals surface area contributed by atoms with Crippen molar-refractivity contribution in [2.24, 2.45) is 5.73 Å². The molecule has 0 saturated carbocycles. The summed E-state index contributed by atoms with van der Waals surface area (Å²) in [6.45, 7) is 0.349. The second-order valence-corrected chi connectivity index (χ2v) is 7.05. The smallest absolute Gasteiger partial charge is 0.434 e. The molecule has 0 unspecified atom stereocenters. The maximum atomic E-state index is 13.7. The molecule has 4 N–H and O–H groups in total. The fraction of sp³-hybridized carbons (Fsp3) is 0.200. The highest BCUT2D eigenvalue weighted by atomic mass is 35.5. The Kier molecular flexibility index (Phi) is 7.68. The molecule has 1 aromatic carbocycles. The van der Waals surface area contributed by atoms with Gasteiger partial charge in [-0.25, -0.2) is 14.5 Å². The molecule has 0 saturated heterocycles. The Morgan fingerprint density at radius 3 is 2.65 bits per heavy atom. The van der Waals surface area contributed by atoms with Crippen molar-refractivity contribution in [3.05, 3.63) is 69.0 Å². The predicted molar refractivity (Wildman–Crippen MR) is 113 cm³/mol. The Morgan fingerprint density at radius 2 is 1.97 bits per heavy atom. The van der Waals surface area contributed by atoms with Crippen LogP contribution in [0, 0.1) is 5.82 Å². The van der Waals surface area contributed by atoms with Gasteiger partial charge in [0, 0.05) is 12.1 Å². The number of rotatable bonds is 8. The van der Waals surface area contributed by atoms with Gasteiger partial charge in [-0.2, -0.15) is 18.3 Å². The zero-order valence-corrected chi connectivity index (χ0v) is 17.8. The average molecular weight is 502 g/mol. The summed E-state index contributed by atoms with van der Waals surface area (Å²) < 4.78 is 64.7. The fourth-order valence-electron chi connectivity index (χ4n) is 2.60. The number of alkyl halides is 3. The largest absolute Gasteiger partial charge is 0.490 e. The Balaban J connectivity index is 2.04. The van der Waals surface area contributed by atoms with Crippen molar-refractivity contribution in [3.63, 3.8) is 0 Å². The van der Waals surface area contributed by atoms with Crippen molar-refractivity contribution < 1.29 is 31.8 Å². The highest BCUT2D eigenvalue weighted by molar-refractivity contribution is 6.31. The van der Waals surface area contributed by atoms with Gasteiger partial charge in [-0.05, 0) is 31.2 Å². The molecular weight excluding hydrogens is 486 g/mol. The molecule has 0 bridgehead atoms. The molecule has 9 nitrogen and oxygen atoms in total. The van der Waals surface area contributed by atoms with Crippen LogP contribution in [-0.4, -0.2) is 34.2 Å². The molecule has 34 heavy (non-hydrogen) atoms. The number of amides is 1. The number of H-pyrrole nitrogens is 1. The van der Waals surface area contributed by atoms with Crippen LogP contribution in [0.2, 0.25) is 5.02 Å². The lowest BCUT2D eigenvalue weighted by Crippen LogP contribution is -2.18. The fourth-order valence-corrected chi connectivity index (χ4v) is 2.86. The highest BCUT2D eigenvalue weighted by Gasteiger charge is 2.37. The number of ether oxygens (including phenoxy) is 2. The number of aromatic amines is 1. The van der Waals surface area contributed by atoms with E-state index in [2.05, 4.69) is 20.5 Å². The van der Waals surface area contributed by atoms with Crippen molar-refractivity contribution in [3.8, 4) is 17.4 Å². The highest BCUT2D eigenvalue weighted by Crippen LogP contribution is 2.39. The molecule has 0 atom stereocenters. The van der Waals surface area contributed by atoms with Crippen LogP contribution in [0.4, 0.5) is 23.2 Å². The first-order chi connectivity index (χ1) is 16.1. The van der Waals surface area contributed by atoms with E-state index in [1.165, 1.54) is 0 Å². The van der Waals surface area contributed by atoms with Crippen LogP contribution in [0.5, 0.6) is 17.4 Å². The summed E-state index contributed by atoms with van der Waals surface area (Å²) in [6, 6.07) is 4.73. The van der Waals surface area contributed by atoms with Crippen LogP contribution in [0.3, 0.4) is 0 Å². The van der Waals surface area contributed by atoms with Crippen molar-refractivity contribution in [1.82, 2.24) is 15.2 Å². The number of pyridine rings is 1. The number of carbonyl (C=O) groups is 1. The summed E-state index contributed by atoms with van der Waals surface area (Å²) in [6.07, 6.45) is -3.46. The summed E-state index contributed by atoms with van der Waals surface area (Å²) in [5.41, 5.74) is 2.70. The van der Waals surface area contributed by atoms with E-state index < -0.39 is 45.6 Å². The van der Waals surface area contributed by atoms with Gasteiger partial charge < -0.3 is 20.5 Å². The predicted octanol–water partition coefficient (Wildman–Crippen LogP) is 3.75. The van der Waals surface area contributed by atoms with Gasteiger partial charge in [-0.1, -0.05) is 11.6 Å². The van der Waals surface area contributed by atoms with Gasteiger partial charge >= 0.3 is 6.18 Å². The van der Waals surface area contributed by atoms with Crippen LogP contribution < -0.4 is 26.1 Å². The molecule has 2 heterocycles. The molecule has 0 aliphatic heterocycles. The van der Waals surface area contributed by atoms with Crippen molar-refractivity contribution >= 4 is 23.2 Å². The van der Waals surface area contributed by atoms with E-state index in [-0.39, 0.29) is 30.3 Å². The molecule has 0 spiro atoms. The number of nitrogens with one attached hydrogen (secondary N) is 2. The monoisotopic (exact) mass is 501 g/mol. The number of hydrogen-bond donors (Lipinski definition) is 3. The van der Waals surface area contributed by atoms with Crippen LogP contribution >= 0.6 is 11.6 Å². The zero-order valence-electron chi connectivity index (χ0n) is 17.1. The molecule has 180 valence electrons. The summed E-state index contributed by atoms with van der Waals surface area (Å²) in [7, 11) is 0. The molecule has 3 rings (SSSR count). The van der Waals surface area contributed by atoms with Gasteiger partial charge in [0.1, 0.15) is 11.4 Å². The van der Waals surface area contributed by atoms with E-state index in [1.807, 2.05) is 0 Å². The number of halogens is 5. The minimum Gasteiger partial charge on any atom is -0.490 e. The molecule has 3 aromatic rings. The number of anilines is 1. The number of aromatic nitrogens is 3. The molecule has 0 radical (unpaired) electrons. The first-order valence-electron chi connectivity index (χ1n) is 9.52. The summed E-state index contributed by atoms with van der Waals surface area (Å²) in [5.74, 6) is -2.85. The summed E-state index contributed by atoms with van der Waals surface area (Å²) in [4.78, 5) is 27.6. The Labute approximate surface area is 193 Å². The van der Waals surface area contributed by atoms with Gasteiger partial charge in [-0.15, -0.1) is 0 Å². The first kappa shape index (κ1) is 24.9. The Bertz CT molecular complexity index is 1250. The van der Waals surface area contributed by atoms with Crippen molar-refractivity contribution in [2.45, 2.75) is 12.6 Å². The lowest BCUT2D eigenvalue weighted by atomic mass is 10.2. The van der Waals surface area contributed by atoms with Crippen LogP contribution in [0.15, 0.2) is 41.3 Å². The molecule has 2 aromatic heterocycles. The van der Waals surface area contributed by atoms with E-state index >= 15 is 0 Å². The standard InChI is InChI=1S/C20H16ClF4N5O4/c21-13-8-12(18(32)28-11-7-16(31)30-27-9-11)19(29-17(13)20(23,24)25)34-14-3-2-10(22)6-15(14)33-5-1-4-26/h2-3,6-9H,1,4-5,26H2,(H2,28,30,31,32). The maximum absolute atomic E-state index is 13.7. The van der Waals surface area contributed by atoms with E-state index in [4.69, 9.17) is 26.8 Å². The third-order valence-electron chi connectivity index (χ3n) is 4.10. The average Bonchev–Trinajstić information content (AvgIpc) is 2.75. The molecule has 0 aliphatic rings. The minimum absolute atomic E-state index is 0.0525. The summed E-state index contributed by atoms with van der Waals surface area (Å²) in [5, 5.41) is 7.03. The normalized spacial score (nSPS) is 11.2. The molecule has 0 fully saturated rings. The quantitative estimate of drug-likeness (QED) is 0.316. The van der Waals surface area contributed by atoms with E-state index in [0.29, 0.717) is 12.5 Å². The van der Waals surface area contributed by atoms with E-state index in [1.54, 1.807) is 0 Å². The third-order valence-corrected chi connectivity index (χ3v) is 4.38. The number of benzene rings is 1. The van der Waals surface area contributed by atoms with Gasteiger partial charge in [-0.3, -0.25) is 9.59 Å². The topological polar surface area (TPSA) is 132 Å². The van der Waals surface area contributed by atoms with Crippen LogP contribution in [0.25, 0.3) is 0 Å². The number of nitrogens with two attached hydrogens (primary N) is 1. The lowest BCUT2D eigenvalue weighted by molar-refractivity contribution is -0.141. The Morgan fingerprint density at radius 1 is 1.21 bits per heavy atom. The second kappa shape index (κ2) is 10.5. The molecular formula is C20H16ClF4N5O4. The zero-order chi connectivity index (χ0) is 24.9. The number of hydrogen-bond acceptors (Lipinski definition) is 7. The van der Waals surface area contributed by atoms with Gasteiger partial charge in [0.05, 0.1) is 23.5 Å². The van der Waals surface area contributed by atoms with Gasteiger partial charge in [0.15, 0.2) is 17.2 Å². The van der Waals surface area contributed by atoms with E-state index in [0.717, 1.165) is 30.5 Å².